The minimum atomic E-state index is 0. The molecule has 7 heteroatoms. The fourth-order valence-electron chi connectivity index (χ4n) is 4.24. The third-order valence-electron chi connectivity index (χ3n) is 6.46. The van der Waals surface area contributed by atoms with Gasteiger partial charge in [0.2, 0.25) is 5.88 Å². The summed E-state index contributed by atoms with van der Waals surface area (Å²) in [5.74, 6) is 1.87. The number of hydrogen-bond donors (Lipinski definition) is 2. The first-order chi connectivity index (χ1) is 16.4. The van der Waals surface area contributed by atoms with E-state index < -0.39 is 0 Å². The van der Waals surface area contributed by atoms with Crippen LogP contribution >= 0.6 is 12.4 Å². The molecule has 4 rings (SSSR count). The fourth-order valence-corrected chi connectivity index (χ4v) is 4.24. The predicted octanol–water partition coefficient (Wildman–Crippen LogP) is 5.38. The molecule has 2 aromatic carbocycles. The summed E-state index contributed by atoms with van der Waals surface area (Å²) in [6.45, 7) is 9.83. The van der Waals surface area contributed by atoms with Gasteiger partial charge in [-0.1, -0.05) is 51.1 Å². The van der Waals surface area contributed by atoms with E-state index in [4.69, 9.17) is 25.2 Å². The van der Waals surface area contributed by atoms with Crippen LogP contribution in [-0.2, 0) is 12.0 Å². The molecule has 0 radical (unpaired) electrons. The summed E-state index contributed by atoms with van der Waals surface area (Å²) in [6, 6.07) is 14.5. The van der Waals surface area contributed by atoms with Crippen LogP contribution in [0.2, 0.25) is 0 Å². The van der Waals surface area contributed by atoms with Crippen LogP contribution in [0.5, 0.6) is 11.6 Å². The molecule has 3 N–H and O–H groups in total. The monoisotopic (exact) mass is 496 g/mol. The molecule has 0 atom stereocenters. The van der Waals surface area contributed by atoms with Crippen molar-refractivity contribution in [2.75, 3.05) is 26.8 Å². The van der Waals surface area contributed by atoms with Gasteiger partial charge >= 0.3 is 0 Å². The maximum Gasteiger partial charge on any atom is 0.232 e. The zero-order valence-electron chi connectivity index (χ0n) is 21.1. The van der Waals surface area contributed by atoms with Crippen molar-refractivity contribution in [1.82, 2.24) is 15.3 Å². The molecule has 0 amide bonds. The van der Waals surface area contributed by atoms with Crippen LogP contribution in [-0.4, -0.2) is 36.8 Å². The lowest BCUT2D eigenvalue weighted by atomic mass is 9.86. The highest BCUT2D eigenvalue weighted by atomic mass is 35.5. The molecule has 0 aliphatic carbocycles. The van der Waals surface area contributed by atoms with E-state index >= 15 is 0 Å². The smallest absolute Gasteiger partial charge is 0.232 e. The van der Waals surface area contributed by atoms with Crippen molar-refractivity contribution < 1.29 is 9.47 Å². The lowest BCUT2D eigenvalue weighted by Crippen LogP contribution is -2.30. The number of piperidine rings is 1. The first-order valence-corrected chi connectivity index (χ1v) is 12.1. The summed E-state index contributed by atoms with van der Waals surface area (Å²) in [4.78, 5) is 9.75. The lowest BCUT2D eigenvalue weighted by Gasteiger charge is -2.23. The molecule has 1 aromatic heterocycles. The number of hydrogen-bond acceptors (Lipinski definition) is 6. The maximum absolute atomic E-state index is 6.11. The van der Waals surface area contributed by atoms with E-state index in [2.05, 4.69) is 44.3 Å². The van der Waals surface area contributed by atoms with E-state index in [1.165, 1.54) is 5.56 Å². The second kappa shape index (κ2) is 11.8. The third kappa shape index (κ3) is 6.51. The Hall–Kier alpha value is -2.67. The molecule has 1 aliphatic heterocycles. The van der Waals surface area contributed by atoms with Crippen molar-refractivity contribution in [3.63, 3.8) is 0 Å². The first kappa shape index (κ1) is 26.9. The van der Waals surface area contributed by atoms with Gasteiger partial charge < -0.3 is 20.5 Å². The Morgan fingerprint density at radius 1 is 1.03 bits per heavy atom. The molecule has 6 nitrogen and oxygen atoms in total. The number of nitrogens with two attached hydrogens (primary N) is 1. The van der Waals surface area contributed by atoms with Crippen molar-refractivity contribution in [2.24, 2.45) is 11.7 Å². The number of methoxy groups -OCH3 is 1. The Kier molecular flexibility index (Phi) is 9.11. The Morgan fingerprint density at radius 2 is 1.74 bits per heavy atom. The Morgan fingerprint density at radius 3 is 2.37 bits per heavy atom. The zero-order chi connectivity index (χ0) is 24.1. The van der Waals surface area contributed by atoms with Gasteiger partial charge in [0.25, 0.3) is 0 Å². The Balaban J connectivity index is 0.00000342. The van der Waals surface area contributed by atoms with E-state index in [1.54, 1.807) is 13.3 Å². The third-order valence-corrected chi connectivity index (χ3v) is 6.46. The molecule has 0 bridgehead atoms. The molecule has 0 spiro atoms. The van der Waals surface area contributed by atoms with Crippen LogP contribution in [0.3, 0.4) is 0 Å². The molecule has 1 saturated heterocycles. The molecule has 0 unspecified atom stereocenters. The quantitative estimate of drug-likeness (QED) is 0.457. The number of aromatic nitrogens is 2. The van der Waals surface area contributed by atoms with E-state index in [-0.39, 0.29) is 17.8 Å². The van der Waals surface area contributed by atoms with E-state index in [1.807, 2.05) is 24.3 Å². The van der Waals surface area contributed by atoms with Gasteiger partial charge in [-0.25, -0.2) is 9.97 Å². The average molecular weight is 497 g/mol. The highest BCUT2D eigenvalue weighted by Gasteiger charge is 2.21. The van der Waals surface area contributed by atoms with E-state index in [9.17, 15) is 0 Å². The molecule has 3 aromatic rings. The summed E-state index contributed by atoms with van der Waals surface area (Å²) in [6.07, 6.45) is 3.97. The molecule has 1 aliphatic rings. The number of halogens is 1. The number of benzene rings is 2. The van der Waals surface area contributed by atoms with Gasteiger partial charge in [0.1, 0.15) is 17.1 Å². The fraction of sp³-hybridized carbons (Fsp3) is 0.429. The zero-order valence-corrected chi connectivity index (χ0v) is 22.0. The SMILES string of the molecule is COc1cc(C(C)(C)C)ccc1-c1ncc(OCC2CCNCC2)nc1-c1ccc(CN)cc1.Cl. The standard InChI is InChI=1S/C28H36N4O2.ClH/c1-28(2,3)22-9-10-23(24(15-22)33-4)27-26(21-7-5-19(16-29)6-8-21)32-25(17-31-27)34-18-20-11-13-30-14-12-20;/h5-10,15,17,20,30H,11-14,16,18,29H2,1-4H3;1H. The predicted molar refractivity (Wildman–Crippen MR) is 144 cm³/mol. The Bertz CT molecular complexity index is 1110. The molecule has 35 heavy (non-hydrogen) atoms. The van der Waals surface area contributed by atoms with Gasteiger partial charge in [0.15, 0.2) is 0 Å². The molecule has 188 valence electrons. The van der Waals surface area contributed by atoms with Gasteiger partial charge in [0, 0.05) is 17.7 Å². The largest absolute Gasteiger partial charge is 0.496 e. The lowest BCUT2D eigenvalue weighted by molar-refractivity contribution is 0.208. The molecule has 0 saturated carbocycles. The van der Waals surface area contributed by atoms with E-state index in [0.717, 1.165) is 59.8 Å². The molecule has 2 heterocycles. The summed E-state index contributed by atoms with van der Waals surface area (Å²) in [5.41, 5.74) is 11.5. The van der Waals surface area contributed by atoms with Crippen LogP contribution in [0.25, 0.3) is 22.5 Å². The number of rotatable bonds is 7. The summed E-state index contributed by atoms with van der Waals surface area (Å²) < 4.78 is 11.9. The van der Waals surface area contributed by atoms with Gasteiger partial charge in [-0.05, 0) is 60.5 Å². The van der Waals surface area contributed by atoms with Crippen LogP contribution in [0.4, 0.5) is 0 Å². The summed E-state index contributed by atoms with van der Waals surface area (Å²) >= 11 is 0. The van der Waals surface area contributed by atoms with Crippen LogP contribution < -0.4 is 20.5 Å². The highest BCUT2D eigenvalue weighted by molar-refractivity contribution is 5.85. The second-order valence-electron chi connectivity index (χ2n) is 9.98. The summed E-state index contributed by atoms with van der Waals surface area (Å²) in [7, 11) is 1.70. The average Bonchev–Trinajstić information content (AvgIpc) is 2.87. The van der Waals surface area contributed by atoms with Gasteiger partial charge in [-0.2, -0.15) is 0 Å². The van der Waals surface area contributed by atoms with Gasteiger partial charge in [-0.3, -0.25) is 0 Å². The number of ether oxygens (including phenoxy) is 2. The minimum Gasteiger partial charge on any atom is -0.496 e. The van der Waals surface area contributed by atoms with Crippen molar-refractivity contribution in [3.05, 3.63) is 59.8 Å². The van der Waals surface area contributed by atoms with Crippen molar-refractivity contribution in [2.45, 2.75) is 45.6 Å². The molecular weight excluding hydrogens is 460 g/mol. The van der Waals surface area contributed by atoms with Gasteiger partial charge in [-0.15, -0.1) is 12.4 Å². The minimum absolute atomic E-state index is 0. The normalized spacial score (nSPS) is 14.3. The van der Waals surface area contributed by atoms with Crippen LogP contribution in [0.1, 0.15) is 44.7 Å². The van der Waals surface area contributed by atoms with Crippen LogP contribution in [0, 0.1) is 5.92 Å². The van der Waals surface area contributed by atoms with Crippen molar-refractivity contribution >= 4 is 12.4 Å². The van der Waals surface area contributed by atoms with Crippen molar-refractivity contribution in [1.29, 1.82) is 0 Å². The topological polar surface area (TPSA) is 82.3 Å². The number of nitrogens with one attached hydrogen (secondary N) is 1. The highest BCUT2D eigenvalue weighted by Crippen LogP contribution is 2.38. The number of nitrogens with zero attached hydrogens (tertiary/aromatic N) is 2. The van der Waals surface area contributed by atoms with E-state index in [0.29, 0.717) is 24.9 Å². The Labute approximate surface area is 215 Å². The van der Waals surface area contributed by atoms with Crippen LogP contribution in [0.15, 0.2) is 48.7 Å². The second-order valence-corrected chi connectivity index (χ2v) is 9.98. The summed E-state index contributed by atoms with van der Waals surface area (Å²) in [5, 5.41) is 3.40. The first-order valence-electron chi connectivity index (χ1n) is 12.1. The molecule has 1 fully saturated rings. The molecular formula is C28H37ClN4O2. The maximum atomic E-state index is 6.11. The van der Waals surface area contributed by atoms with Crippen molar-refractivity contribution in [3.8, 4) is 34.1 Å². The van der Waals surface area contributed by atoms with Gasteiger partial charge in [0.05, 0.1) is 19.9 Å².